The van der Waals surface area contributed by atoms with Gasteiger partial charge in [0.2, 0.25) is 0 Å². The molecule has 0 fully saturated rings. The van der Waals surface area contributed by atoms with Gasteiger partial charge in [0.25, 0.3) is 0 Å². The van der Waals surface area contributed by atoms with Crippen LogP contribution in [0.3, 0.4) is 0 Å². The summed E-state index contributed by atoms with van der Waals surface area (Å²) in [7, 11) is 0. The normalized spacial score (nSPS) is 12.8. The van der Waals surface area contributed by atoms with Crippen LogP contribution in [-0.4, -0.2) is 6.61 Å². The van der Waals surface area contributed by atoms with Crippen molar-refractivity contribution in [2.24, 2.45) is 5.41 Å². The van der Waals surface area contributed by atoms with Crippen LogP contribution in [0.5, 0.6) is 5.75 Å². The first-order valence-electron chi connectivity index (χ1n) is 9.56. The quantitative estimate of drug-likeness (QED) is 0.512. The Balaban J connectivity index is 2.69. The van der Waals surface area contributed by atoms with Gasteiger partial charge in [0, 0.05) is 0 Å². The van der Waals surface area contributed by atoms with E-state index in [9.17, 15) is 0 Å². The maximum absolute atomic E-state index is 9.07. The Morgan fingerprint density at radius 3 is 2.04 bits per heavy atom. The summed E-state index contributed by atoms with van der Waals surface area (Å²) in [5.74, 6) is 1.03. The second-order valence-electron chi connectivity index (χ2n) is 9.87. The second kappa shape index (κ2) is 8.26. The molecule has 2 heteroatoms. The van der Waals surface area contributed by atoms with Gasteiger partial charge in [-0.3, -0.25) is 0 Å². The first-order chi connectivity index (χ1) is 11.4. The lowest BCUT2D eigenvalue weighted by Crippen LogP contribution is -2.17. The predicted molar refractivity (Wildman–Crippen MR) is 107 cm³/mol. The fourth-order valence-corrected chi connectivity index (χ4v) is 2.81. The van der Waals surface area contributed by atoms with Crippen LogP contribution in [0.15, 0.2) is 18.2 Å². The van der Waals surface area contributed by atoms with E-state index in [4.69, 9.17) is 10.00 Å². The molecule has 0 aliphatic heterocycles. The predicted octanol–water partition coefficient (Wildman–Crippen LogP) is 6.77. The molecule has 0 aliphatic carbocycles. The van der Waals surface area contributed by atoms with E-state index < -0.39 is 0 Å². The molecule has 1 rings (SSSR count). The molecule has 0 saturated heterocycles. The summed E-state index contributed by atoms with van der Waals surface area (Å²) in [4.78, 5) is 0. The molecule has 0 aromatic heterocycles. The Bertz CT molecular complexity index is 594. The largest absolute Gasteiger partial charge is 0.493 e. The third kappa shape index (κ3) is 7.10. The van der Waals surface area contributed by atoms with Crippen LogP contribution in [-0.2, 0) is 10.8 Å². The van der Waals surface area contributed by atoms with Crippen LogP contribution >= 0.6 is 0 Å². The molecule has 0 radical (unpaired) electrons. The van der Waals surface area contributed by atoms with E-state index in [1.54, 1.807) is 0 Å². The number of rotatable bonds is 7. The molecular formula is C23H37NO. The summed E-state index contributed by atoms with van der Waals surface area (Å²) in [5.41, 5.74) is 2.57. The van der Waals surface area contributed by atoms with E-state index in [-0.39, 0.29) is 16.2 Å². The zero-order chi connectivity index (χ0) is 19.3. The van der Waals surface area contributed by atoms with Gasteiger partial charge in [0.15, 0.2) is 0 Å². The summed E-state index contributed by atoms with van der Waals surface area (Å²) in [5, 5.41) is 9.07. The van der Waals surface area contributed by atoms with Crippen LogP contribution < -0.4 is 4.74 Å². The first-order valence-corrected chi connectivity index (χ1v) is 9.56. The van der Waals surface area contributed by atoms with Crippen molar-refractivity contribution in [1.82, 2.24) is 0 Å². The van der Waals surface area contributed by atoms with Crippen LogP contribution in [0, 0.1) is 16.7 Å². The van der Waals surface area contributed by atoms with Crippen molar-refractivity contribution >= 4 is 0 Å². The lowest BCUT2D eigenvalue weighted by atomic mass is 9.81. The molecule has 0 saturated carbocycles. The van der Waals surface area contributed by atoms with Crippen molar-refractivity contribution in [1.29, 1.82) is 5.26 Å². The average molecular weight is 344 g/mol. The van der Waals surface area contributed by atoms with Crippen molar-refractivity contribution in [2.45, 2.75) is 91.9 Å². The lowest BCUT2D eigenvalue weighted by Gasteiger charge is -2.26. The zero-order valence-electron chi connectivity index (χ0n) is 17.6. The number of unbranched alkanes of at least 4 members (excludes halogenated alkanes) is 2. The molecule has 0 heterocycles. The Morgan fingerprint density at radius 1 is 0.880 bits per heavy atom. The van der Waals surface area contributed by atoms with Gasteiger partial charge in [0.1, 0.15) is 5.75 Å². The molecule has 25 heavy (non-hydrogen) atoms. The number of benzene rings is 1. The van der Waals surface area contributed by atoms with Crippen molar-refractivity contribution in [3.8, 4) is 11.8 Å². The molecule has 1 aromatic carbocycles. The Kier molecular flexibility index (Phi) is 7.12. The molecule has 0 atom stereocenters. The molecule has 1 aromatic rings. The molecular weight excluding hydrogens is 306 g/mol. The highest BCUT2D eigenvalue weighted by atomic mass is 16.5. The summed E-state index contributed by atoms with van der Waals surface area (Å²) < 4.78 is 6.19. The first kappa shape index (κ1) is 21.6. The van der Waals surface area contributed by atoms with Crippen molar-refractivity contribution in [3.05, 3.63) is 29.3 Å². The lowest BCUT2D eigenvalue weighted by molar-refractivity contribution is 0.292. The standard InChI is InChI=1S/C23H37NO/c1-21(2,3)18-12-13-19(22(4,5)6)20(16-18)25-15-11-9-10-14-23(7,8)17-24/h12-13,16H,9-11,14-15H2,1-8H3. The fraction of sp³-hybridized carbons (Fsp3) is 0.696. The van der Waals surface area contributed by atoms with Gasteiger partial charge in [0.05, 0.1) is 18.1 Å². The highest BCUT2D eigenvalue weighted by Crippen LogP contribution is 2.35. The Labute approximate surface area is 155 Å². The van der Waals surface area contributed by atoms with Gasteiger partial charge in [-0.25, -0.2) is 0 Å². The summed E-state index contributed by atoms with van der Waals surface area (Å²) in [6.07, 6.45) is 4.17. The zero-order valence-corrected chi connectivity index (χ0v) is 17.6. The monoisotopic (exact) mass is 343 g/mol. The van der Waals surface area contributed by atoms with Crippen molar-refractivity contribution < 1.29 is 4.74 Å². The van der Waals surface area contributed by atoms with E-state index in [1.807, 2.05) is 13.8 Å². The van der Waals surface area contributed by atoms with Gasteiger partial charge in [-0.1, -0.05) is 66.5 Å². The highest BCUT2D eigenvalue weighted by Gasteiger charge is 2.22. The van der Waals surface area contributed by atoms with Gasteiger partial charge >= 0.3 is 0 Å². The second-order valence-corrected chi connectivity index (χ2v) is 9.87. The summed E-state index contributed by atoms with van der Waals surface area (Å²) >= 11 is 0. The van der Waals surface area contributed by atoms with Gasteiger partial charge < -0.3 is 4.74 Å². The minimum absolute atomic E-state index is 0.0720. The van der Waals surface area contributed by atoms with Crippen LogP contribution in [0.25, 0.3) is 0 Å². The van der Waals surface area contributed by atoms with E-state index in [0.29, 0.717) is 0 Å². The van der Waals surface area contributed by atoms with Crippen LogP contribution in [0.2, 0.25) is 0 Å². The number of nitriles is 1. The number of hydrogen-bond acceptors (Lipinski definition) is 2. The van der Waals surface area contributed by atoms with Crippen LogP contribution in [0.4, 0.5) is 0 Å². The molecule has 0 aliphatic rings. The van der Waals surface area contributed by atoms with E-state index in [1.165, 1.54) is 11.1 Å². The highest BCUT2D eigenvalue weighted by molar-refractivity contribution is 5.43. The third-order valence-corrected chi connectivity index (χ3v) is 4.66. The van der Waals surface area contributed by atoms with E-state index in [2.05, 4.69) is 65.8 Å². The maximum Gasteiger partial charge on any atom is 0.123 e. The van der Waals surface area contributed by atoms with E-state index >= 15 is 0 Å². The number of nitrogens with zero attached hydrogens (tertiary/aromatic N) is 1. The minimum Gasteiger partial charge on any atom is -0.493 e. The molecule has 0 unspecified atom stereocenters. The topological polar surface area (TPSA) is 33.0 Å². The van der Waals surface area contributed by atoms with Gasteiger partial charge in [-0.15, -0.1) is 0 Å². The smallest absolute Gasteiger partial charge is 0.123 e. The number of ether oxygens (including phenoxy) is 1. The average Bonchev–Trinajstić information content (AvgIpc) is 2.48. The summed E-state index contributed by atoms with van der Waals surface area (Å²) in [6.45, 7) is 18.2. The molecule has 0 amide bonds. The van der Waals surface area contributed by atoms with Crippen molar-refractivity contribution in [2.75, 3.05) is 6.61 Å². The van der Waals surface area contributed by atoms with Gasteiger partial charge in [-0.2, -0.15) is 5.26 Å². The third-order valence-electron chi connectivity index (χ3n) is 4.66. The molecule has 140 valence electrons. The Morgan fingerprint density at radius 2 is 1.52 bits per heavy atom. The fourth-order valence-electron chi connectivity index (χ4n) is 2.81. The molecule has 0 N–H and O–H groups in total. The van der Waals surface area contributed by atoms with Crippen molar-refractivity contribution in [3.63, 3.8) is 0 Å². The van der Waals surface area contributed by atoms with Crippen LogP contribution in [0.1, 0.15) is 92.2 Å². The minimum atomic E-state index is -0.207. The number of hydrogen-bond donors (Lipinski definition) is 0. The SMILES string of the molecule is CC(C)(C#N)CCCCCOc1cc(C(C)(C)C)ccc1C(C)(C)C. The molecule has 0 bridgehead atoms. The molecule has 0 spiro atoms. The maximum atomic E-state index is 9.07. The summed E-state index contributed by atoms with van der Waals surface area (Å²) in [6, 6.07) is 9.05. The van der Waals surface area contributed by atoms with E-state index in [0.717, 1.165) is 38.0 Å². The molecule has 2 nitrogen and oxygen atoms in total. The van der Waals surface area contributed by atoms with Gasteiger partial charge in [-0.05, 0) is 54.7 Å². The Hall–Kier alpha value is -1.49.